The Morgan fingerprint density at radius 1 is 1.36 bits per heavy atom. The fourth-order valence-corrected chi connectivity index (χ4v) is 4.47. The number of fused-ring (bicyclic) bond motifs is 1. The molecule has 25 heavy (non-hydrogen) atoms. The topological polar surface area (TPSA) is 66.3 Å². The molecule has 0 amide bonds. The summed E-state index contributed by atoms with van der Waals surface area (Å²) < 4.78 is 0. The third-order valence-corrected chi connectivity index (χ3v) is 5.86. The van der Waals surface area contributed by atoms with Crippen LogP contribution in [-0.4, -0.2) is 34.1 Å². The number of carboxylic acid groups (broad SMARTS) is 1. The van der Waals surface area contributed by atoms with E-state index in [2.05, 4.69) is 14.9 Å². The Morgan fingerprint density at radius 3 is 3.00 bits per heavy atom. The maximum Gasteiger partial charge on any atom is 0.308 e. The van der Waals surface area contributed by atoms with Crippen LogP contribution in [-0.2, 0) is 4.79 Å². The second-order valence-corrected chi connectivity index (χ2v) is 7.50. The number of aliphatic carboxylic acids is 1. The minimum absolute atomic E-state index is 0.359. The largest absolute Gasteiger partial charge is 0.481 e. The molecule has 128 valence electrons. The van der Waals surface area contributed by atoms with Gasteiger partial charge in [0.15, 0.2) is 0 Å². The van der Waals surface area contributed by atoms with Crippen molar-refractivity contribution < 1.29 is 9.90 Å². The molecule has 0 aliphatic carbocycles. The summed E-state index contributed by atoms with van der Waals surface area (Å²) in [5, 5.41) is 12.9. The van der Waals surface area contributed by atoms with Gasteiger partial charge in [0.1, 0.15) is 12.1 Å². The maximum absolute atomic E-state index is 11.4. The van der Waals surface area contributed by atoms with Gasteiger partial charge in [-0.1, -0.05) is 23.7 Å². The predicted molar refractivity (Wildman–Crippen MR) is 100 cm³/mol. The van der Waals surface area contributed by atoms with Crippen LogP contribution >= 0.6 is 22.9 Å². The van der Waals surface area contributed by atoms with Crippen LogP contribution < -0.4 is 4.90 Å². The van der Waals surface area contributed by atoms with E-state index in [0.29, 0.717) is 18.0 Å². The second-order valence-electron chi connectivity index (χ2n) is 6.15. The molecule has 2 aromatic heterocycles. The highest BCUT2D eigenvalue weighted by molar-refractivity contribution is 7.14. The van der Waals surface area contributed by atoms with Crippen molar-refractivity contribution in [1.82, 2.24) is 9.97 Å². The van der Waals surface area contributed by atoms with E-state index in [-0.39, 0.29) is 5.92 Å². The third-order valence-electron chi connectivity index (χ3n) is 4.55. The Balaban J connectivity index is 1.85. The fourth-order valence-electron chi connectivity index (χ4n) is 3.36. The molecule has 4 rings (SSSR count). The zero-order valence-corrected chi connectivity index (χ0v) is 14.9. The Labute approximate surface area is 153 Å². The van der Waals surface area contributed by atoms with E-state index < -0.39 is 5.97 Å². The molecule has 0 saturated carbocycles. The number of aromatic nitrogens is 2. The Hall–Kier alpha value is -2.18. The summed E-state index contributed by atoms with van der Waals surface area (Å²) in [6, 6.07) is 7.90. The van der Waals surface area contributed by atoms with Crippen LogP contribution in [0.2, 0.25) is 5.02 Å². The number of carbonyl (C=O) groups is 1. The monoisotopic (exact) mass is 373 g/mol. The molecule has 1 saturated heterocycles. The number of thiophene rings is 1. The lowest BCUT2D eigenvalue weighted by molar-refractivity contribution is -0.141. The van der Waals surface area contributed by atoms with Crippen molar-refractivity contribution in [2.24, 2.45) is 5.92 Å². The zero-order chi connectivity index (χ0) is 17.4. The van der Waals surface area contributed by atoms with E-state index in [1.54, 1.807) is 17.7 Å². The molecular formula is C18H16ClN3O2S. The number of nitrogens with zero attached hydrogens (tertiary/aromatic N) is 3. The first-order valence-electron chi connectivity index (χ1n) is 8.09. The molecule has 0 bridgehead atoms. The molecule has 1 aliphatic heterocycles. The van der Waals surface area contributed by atoms with Crippen LogP contribution in [0.5, 0.6) is 0 Å². The molecule has 7 heteroatoms. The predicted octanol–water partition coefficient (Wildman–Crippen LogP) is 4.31. The van der Waals surface area contributed by atoms with Crippen LogP contribution in [0, 0.1) is 5.92 Å². The number of benzene rings is 1. The quantitative estimate of drug-likeness (QED) is 0.740. The van der Waals surface area contributed by atoms with Gasteiger partial charge in [-0.3, -0.25) is 4.79 Å². The molecule has 1 N–H and O–H groups in total. The van der Waals surface area contributed by atoms with E-state index in [9.17, 15) is 9.90 Å². The summed E-state index contributed by atoms with van der Waals surface area (Å²) in [6.45, 7) is 1.27. The van der Waals surface area contributed by atoms with Crippen molar-refractivity contribution in [2.75, 3.05) is 18.0 Å². The highest BCUT2D eigenvalue weighted by Gasteiger charge is 2.27. The number of hydrogen-bond donors (Lipinski definition) is 1. The van der Waals surface area contributed by atoms with Crippen LogP contribution in [0.15, 0.2) is 36.0 Å². The molecule has 1 fully saturated rings. The Bertz CT molecular complexity index is 938. The van der Waals surface area contributed by atoms with Gasteiger partial charge in [-0.2, -0.15) is 0 Å². The number of rotatable bonds is 3. The molecule has 1 unspecified atom stereocenters. The molecule has 1 atom stereocenters. The van der Waals surface area contributed by atoms with E-state index in [1.165, 1.54) is 0 Å². The van der Waals surface area contributed by atoms with Gasteiger partial charge in [-0.15, -0.1) is 11.3 Å². The van der Waals surface area contributed by atoms with Crippen molar-refractivity contribution in [1.29, 1.82) is 0 Å². The summed E-state index contributed by atoms with van der Waals surface area (Å²) in [5.41, 5.74) is 1.88. The number of halogens is 1. The van der Waals surface area contributed by atoms with Crippen LogP contribution in [0.1, 0.15) is 12.8 Å². The number of anilines is 1. The van der Waals surface area contributed by atoms with Crippen molar-refractivity contribution in [3.63, 3.8) is 0 Å². The standard InChI is InChI=1S/C18H16ClN3O2S/c19-12-7-15(25-9-12)13-4-1-5-14-16(13)17(21-10-20-14)22-6-2-3-11(8-22)18(23)24/h1,4-5,7,9-11H,2-3,6,8H2,(H,23,24). The summed E-state index contributed by atoms with van der Waals surface area (Å²) >= 11 is 7.69. The Kier molecular flexibility index (Phi) is 4.31. The normalized spacial score (nSPS) is 17.8. The summed E-state index contributed by atoms with van der Waals surface area (Å²) in [6.07, 6.45) is 3.10. The van der Waals surface area contributed by atoms with Gasteiger partial charge in [0.2, 0.25) is 0 Å². The molecule has 0 radical (unpaired) electrons. The highest BCUT2D eigenvalue weighted by atomic mass is 35.5. The van der Waals surface area contributed by atoms with E-state index in [1.807, 2.05) is 29.6 Å². The van der Waals surface area contributed by atoms with Crippen molar-refractivity contribution in [3.05, 3.63) is 41.0 Å². The molecule has 1 aliphatic rings. The smallest absolute Gasteiger partial charge is 0.308 e. The first-order chi connectivity index (χ1) is 12.1. The summed E-state index contributed by atoms with van der Waals surface area (Å²) in [4.78, 5) is 23.5. The van der Waals surface area contributed by atoms with E-state index in [4.69, 9.17) is 11.6 Å². The second kappa shape index (κ2) is 6.61. The number of carboxylic acids is 1. The molecule has 3 heterocycles. The lowest BCUT2D eigenvalue weighted by Crippen LogP contribution is -2.39. The van der Waals surface area contributed by atoms with Crippen LogP contribution in [0.4, 0.5) is 5.82 Å². The average Bonchev–Trinajstić information content (AvgIpc) is 3.07. The van der Waals surface area contributed by atoms with Gasteiger partial charge >= 0.3 is 5.97 Å². The third kappa shape index (κ3) is 3.07. The van der Waals surface area contributed by atoms with Crippen molar-refractivity contribution in [2.45, 2.75) is 12.8 Å². The Morgan fingerprint density at radius 2 is 2.24 bits per heavy atom. The molecule has 1 aromatic carbocycles. The lowest BCUT2D eigenvalue weighted by atomic mass is 9.97. The minimum Gasteiger partial charge on any atom is -0.481 e. The van der Waals surface area contributed by atoms with E-state index in [0.717, 1.165) is 40.1 Å². The van der Waals surface area contributed by atoms with Crippen LogP contribution in [0.3, 0.4) is 0 Å². The fraction of sp³-hybridized carbons (Fsp3) is 0.278. The maximum atomic E-state index is 11.4. The first kappa shape index (κ1) is 16.3. The van der Waals surface area contributed by atoms with Gasteiger partial charge in [-0.05, 0) is 25.0 Å². The zero-order valence-electron chi connectivity index (χ0n) is 13.4. The van der Waals surface area contributed by atoms with Gasteiger partial charge in [-0.25, -0.2) is 9.97 Å². The molecule has 0 spiro atoms. The molecular weight excluding hydrogens is 358 g/mol. The SMILES string of the molecule is O=C(O)C1CCCN(c2ncnc3cccc(-c4cc(Cl)cs4)c23)C1. The summed E-state index contributed by atoms with van der Waals surface area (Å²) in [7, 11) is 0. The minimum atomic E-state index is -0.742. The van der Waals surface area contributed by atoms with E-state index >= 15 is 0 Å². The van der Waals surface area contributed by atoms with Gasteiger partial charge in [0.25, 0.3) is 0 Å². The highest BCUT2D eigenvalue weighted by Crippen LogP contribution is 2.38. The van der Waals surface area contributed by atoms with Crippen LogP contribution in [0.25, 0.3) is 21.3 Å². The number of hydrogen-bond acceptors (Lipinski definition) is 5. The van der Waals surface area contributed by atoms with Gasteiger partial charge < -0.3 is 10.0 Å². The molecule has 5 nitrogen and oxygen atoms in total. The summed E-state index contributed by atoms with van der Waals surface area (Å²) in [5.74, 6) is -0.300. The first-order valence-corrected chi connectivity index (χ1v) is 9.35. The van der Waals surface area contributed by atoms with Gasteiger partial charge in [0.05, 0.1) is 21.8 Å². The lowest BCUT2D eigenvalue weighted by Gasteiger charge is -2.32. The van der Waals surface area contributed by atoms with Crippen molar-refractivity contribution in [3.8, 4) is 10.4 Å². The average molecular weight is 374 g/mol. The van der Waals surface area contributed by atoms with Crippen molar-refractivity contribution >= 4 is 45.6 Å². The van der Waals surface area contributed by atoms with Gasteiger partial charge in [0, 0.05) is 28.9 Å². The number of piperidine rings is 1. The molecule has 3 aromatic rings.